The molecule has 0 fully saturated rings. The molecule has 0 aliphatic rings. The van der Waals surface area contributed by atoms with E-state index < -0.39 is 0 Å². The van der Waals surface area contributed by atoms with Crippen LogP contribution in [0.2, 0.25) is 0 Å². The van der Waals surface area contributed by atoms with Gasteiger partial charge in [-0.15, -0.1) is 0 Å². The largest absolute Gasteiger partial charge is 0.508 e. The molecule has 0 heterocycles. The van der Waals surface area contributed by atoms with Crippen LogP contribution in [0.3, 0.4) is 0 Å². The van der Waals surface area contributed by atoms with Gasteiger partial charge in [0, 0.05) is 5.56 Å². The minimum absolute atomic E-state index is 0.168. The molecule has 3 nitrogen and oxygen atoms in total. The van der Waals surface area contributed by atoms with Gasteiger partial charge in [0.2, 0.25) is 6.08 Å². The summed E-state index contributed by atoms with van der Waals surface area (Å²) < 4.78 is 0. The van der Waals surface area contributed by atoms with Crippen LogP contribution < -0.4 is 0 Å². The summed E-state index contributed by atoms with van der Waals surface area (Å²) in [5.41, 5.74) is 1.03. The summed E-state index contributed by atoms with van der Waals surface area (Å²) in [4.78, 5) is 13.2. The molecule has 0 aliphatic heterocycles. The first-order valence-corrected chi connectivity index (χ1v) is 3.30. The molecule has 0 saturated carbocycles. The zero-order valence-electron chi connectivity index (χ0n) is 6.32. The molecule has 0 bridgehead atoms. The molecule has 0 aliphatic carbocycles. The molecule has 1 aromatic rings. The number of nitrogens with zero attached hydrogens (tertiary/aromatic N) is 1. The molecule has 1 aromatic carbocycles. The Labute approximate surface area is 69.7 Å². The van der Waals surface area contributed by atoms with Crippen molar-refractivity contribution < 1.29 is 9.90 Å². The van der Waals surface area contributed by atoms with E-state index >= 15 is 0 Å². The fourth-order valence-electron chi connectivity index (χ4n) is 0.773. The normalized spacial score (nSPS) is 8.67. The quantitative estimate of drug-likeness (QED) is 0.530. The number of phenolic OH excluding ortho intramolecular Hbond substituents is 1. The Kier molecular flexibility index (Phi) is 2.41. The molecule has 12 heavy (non-hydrogen) atoms. The van der Waals surface area contributed by atoms with Crippen LogP contribution in [0.4, 0.5) is 0 Å². The summed E-state index contributed by atoms with van der Waals surface area (Å²) in [6, 6.07) is 6.25. The molecule has 60 valence electrons. The molecule has 0 radical (unpaired) electrons. The van der Waals surface area contributed by atoms with Gasteiger partial charge in [0.1, 0.15) is 5.75 Å². The number of phenols is 1. The van der Waals surface area contributed by atoms with Crippen LogP contribution in [-0.4, -0.2) is 11.2 Å². The lowest BCUT2D eigenvalue weighted by molar-refractivity contribution is 0.475. The Morgan fingerprint density at radius 3 is 2.50 bits per heavy atom. The third kappa shape index (κ3) is 1.81. The molecule has 0 unspecified atom stereocenters. The average Bonchev–Trinajstić information content (AvgIpc) is 2.06. The van der Waals surface area contributed by atoms with Crippen LogP contribution >= 0.6 is 0 Å². The Bertz CT molecular complexity index is 334. The maximum Gasteiger partial charge on any atom is 0.240 e. The SMILES string of the molecule is C=C(N=C=O)c1ccc(O)cc1. The highest BCUT2D eigenvalue weighted by Crippen LogP contribution is 2.16. The number of rotatable bonds is 2. The van der Waals surface area contributed by atoms with Gasteiger partial charge in [-0.2, -0.15) is 4.99 Å². The molecular weight excluding hydrogens is 154 g/mol. The fraction of sp³-hybridized carbons (Fsp3) is 0. The summed E-state index contributed by atoms with van der Waals surface area (Å²) in [6.45, 7) is 3.53. The van der Waals surface area contributed by atoms with Crippen LogP contribution in [0.25, 0.3) is 5.70 Å². The van der Waals surface area contributed by atoms with E-state index in [1.54, 1.807) is 12.1 Å². The second-order valence-electron chi connectivity index (χ2n) is 2.20. The van der Waals surface area contributed by atoms with Crippen LogP contribution in [0.5, 0.6) is 5.75 Å². The van der Waals surface area contributed by atoms with Crippen molar-refractivity contribution in [1.82, 2.24) is 0 Å². The molecule has 1 N–H and O–H groups in total. The monoisotopic (exact) mass is 161 g/mol. The maximum absolute atomic E-state index is 9.85. The number of aromatic hydroxyl groups is 1. The second kappa shape index (κ2) is 3.51. The van der Waals surface area contributed by atoms with E-state index in [9.17, 15) is 4.79 Å². The average molecular weight is 161 g/mol. The van der Waals surface area contributed by atoms with Crippen molar-refractivity contribution >= 4 is 11.8 Å². The summed E-state index contributed by atoms with van der Waals surface area (Å²) in [6.07, 6.45) is 1.39. The van der Waals surface area contributed by atoms with Gasteiger partial charge < -0.3 is 5.11 Å². The van der Waals surface area contributed by atoms with Gasteiger partial charge in [0.15, 0.2) is 0 Å². The maximum atomic E-state index is 9.85. The summed E-state index contributed by atoms with van der Waals surface area (Å²) in [5, 5.41) is 8.93. The van der Waals surface area contributed by atoms with Crippen molar-refractivity contribution in [3.05, 3.63) is 36.4 Å². The molecule has 0 atom stereocenters. The van der Waals surface area contributed by atoms with Gasteiger partial charge in [-0.3, -0.25) is 0 Å². The van der Waals surface area contributed by atoms with Crippen LogP contribution in [-0.2, 0) is 4.79 Å². The van der Waals surface area contributed by atoms with Crippen molar-refractivity contribution in [3.8, 4) is 5.75 Å². The van der Waals surface area contributed by atoms with Crippen molar-refractivity contribution in [2.75, 3.05) is 0 Å². The van der Waals surface area contributed by atoms with Gasteiger partial charge in [-0.1, -0.05) is 6.58 Å². The van der Waals surface area contributed by atoms with Gasteiger partial charge in [0.25, 0.3) is 0 Å². The lowest BCUT2D eigenvalue weighted by atomic mass is 10.2. The fourth-order valence-corrected chi connectivity index (χ4v) is 0.773. The van der Waals surface area contributed by atoms with Gasteiger partial charge in [0.05, 0.1) is 5.70 Å². The second-order valence-corrected chi connectivity index (χ2v) is 2.20. The van der Waals surface area contributed by atoms with Crippen molar-refractivity contribution in [2.24, 2.45) is 4.99 Å². The number of hydrogen-bond donors (Lipinski definition) is 1. The summed E-state index contributed by atoms with van der Waals surface area (Å²) >= 11 is 0. The van der Waals surface area contributed by atoms with Crippen molar-refractivity contribution in [1.29, 1.82) is 0 Å². The predicted molar refractivity (Wildman–Crippen MR) is 45.3 cm³/mol. The zero-order valence-corrected chi connectivity index (χ0v) is 6.32. The predicted octanol–water partition coefficient (Wildman–Crippen LogP) is 1.70. The number of hydrogen-bond acceptors (Lipinski definition) is 3. The standard InChI is InChI=1S/C9H7NO2/c1-7(10-6-11)8-2-4-9(12)5-3-8/h2-5,12H,1H2. The van der Waals surface area contributed by atoms with E-state index in [2.05, 4.69) is 11.6 Å². The molecule has 0 spiro atoms. The lowest BCUT2D eigenvalue weighted by Gasteiger charge is -1.96. The highest BCUT2D eigenvalue weighted by molar-refractivity contribution is 5.67. The first-order chi connectivity index (χ1) is 5.74. The van der Waals surface area contributed by atoms with E-state index in [1.165, 1.54) is 18.2 Å². The first kappa shape index (κ1) is 8.24. The molecule has 0 saturated heterocycles. The number of aliphatic imine (C=N–C) groups is 1. The smallest absolute Gasteiger partial charge is 0.240 e. The Hall–Kier alpha value is -1.86. The third-order valence-corrected chi connectivity index (χ3v) is 1.38. The Morgan fingerprint density at radius 2 is 2.00 bits per heavy atom. The van der Waals surface area contributed by atoms with Crippen molar-refractivity contribution in [2.45, 2.75) is 0 Å². The van der Waals surface area contributed by atoms with Crippen LogP contribution in [0.1, 0.15) is 5.56 Å². The number of carbonyl (C=O) groups excluding carboxylic acids is 1. The van der Waals surface area contributed by atoms with Gasteiger partial charge >= 0.3 is 0 Å². The Balaban J connectivity index is 2.97. The van der Waals surface area contributed by atoms with E-state index in [-0.39, 0.29) is 5.75 Å². The molecular formula is C9H7NO2. The highest BCUT2D eigenvalue weighted by atomic mass is 16.3. The first-order valence-electron chi connectivity index (χ1n) is 3.30. The summed E-state index contributed by atoms with van der Waals surface area (Å²) in [7, 11) is 0. The third-order valence-electron chi connectivity index (χ3n) is 1.38. The van der Waals surface area contributed by atoms with E-state index in [1.807, 2.05) is 0 Å². The highest BCUT2D eigenvalue weighted by Gasteiger charge is 1.95. The number of benzene rings is 1. The van der Waals surface area contributed by atoms with E-state index in [0.717, 1.165) is 0 Å². The zero-order chi connectivity index (χ0) is 8.97. The van der Waals surface area contributed by atoms with E-state index in [4.69, 9.17) is 5.11 Å². The molecule has 0 aromatic heterocycles. The van der Waals surface area contributed by atoms with Crippen LogP contribution in [0.15, 0.2) is 35.8 Å². The summed E-state index contributed by atoms with van der Waals surface area (Å²) in [5.74, 6) is 0.168. The minimum Gasteiger partial charge on any atom is -0.508 e. The van der Waals surface area contributed by atoms with Crippen molar-refractivity contribution in [3.63, 3.8) is 0 Å². The molecule has 3 heteroatoms. The Morgan fingerprint density at radius 1 is 1.42 bits per heavy atom. The topological polar surface area (TPSA) is 49.7 Å². The number of isocyanates is 1. The molecule has 1 rings (SSSR count). The minimum atomic E-state index is 0.168. The van der Waals surface area contributed by atoms with Crippen LogP contribution in [0, 0.1) is 0 Å². The van der Waals surface area contributed by atoms with E-state index in [0.29, 0.717) is 11.3 Å². The lowest BCUT2D eigenvalue weighted by Crippen LogP contribution is -1.77. The molecule has 0 amide bonds. The van der Waals surface area contributed by atoms with Gasteiger partial charge in [-0.25, -0.2) is 4.79 Å². The van der Waals surface area contributed by atoms with Gasteiger partial charge in [-0.05, 0) is 24.3 Å².